The normalized spacial score (nSPS) is 13.4. The number of morpholine rings is 1. The van der Waals surface area contributed by atoms with Crippen molar-refractivity contribution in [3.8, 4) is 5.75 Å². The molecule has 0 unspecified atom stereocenters. The Kier molecular flexibility index (Phi) is 13.8. The second-order valence-electron chi connectivity index (χ2n) is 15.2. The number of nitrogens with one attached hydrogen (secondary N) is 2. The molecule has 1 aliphatic heterocycles. The summed E-state index contributed by atoms with van der Waals surface area (Å²) in [6.07, 6.45) is 6.22. The molecule has 0 spiro atoms. The zero-order chi connectivity index (χ0) is 45.8. The smallest absolute Gasteiger partial charge is 0.279 e. The SMILES string of the molecule is CCn1nc(C)c(C)c1C(=O)Nc1nc2cc(C(N)=O)cc(SC)c2n1C/C=C/Cn1c(NC(=O)c2c(F)c(C)nn2CC)nc2cc(C(N)=O)cc(OCCCN3CCOCC3)c21. The van der Waals surface area contributed by atoms with Gasteiger partial charge < -0.3 is 30.1 Å². The molecular formula is C43H52FN13O6S. The van der Waals surface area contributed by atoms with Crippen molar-refractivity contribution in [3.05, 3.63) is 81.7 Å². The zero-order valence-corrected chi connectivity index (χ0v) is 37.5. The zero-order valence-electron chi connectivity index (χ0n) is 36.7. The minimum Gasteiger partial charge on any atom is -0.491 e. The number of nitrogens with two attached hydrogens (primary N) is 2. The van der Waals surface area contributed by atoms with E-state index in [1.165, 1.54) is 29.4 Å². The van der Waals surface area contributed by atoms with Gasteiger partial charge >= 0.3 is 0 Å². The van der Waals surface area contributed by atoms with Crippen molar-refractivity contribution >= 4 is 69.4 Å². The van der Waals surface area contributed by atoms with E-state index in [0.29, 0.717) is 71.2 Å². The molecule has 21 heteroatoms. The van der Waals surface area contributed by atoms with E-state index in [4.69, 9.17) is 30.9 Å². The number of ether oxygens (including phenoxy) is 2. The van der Waals surface area contributed by atoms with Crippen molar-refractivity contribution in [1.29, 1.82) is 0 Å². The molecule has 338 valence electrons. The van der Waals surface area contributed by atoms with E-state index >= 15 is 4.39 Å². The Hall–Kier alpha value is -6.58. The summed E-state index contributed by atoms with van der Waals surface area (Å²) in [5.41, 5.74) is 15.4. The average Bonchev–Trinajstić information content (AvgIpc) is 3.99. The second-order valence-corrected chi connectivity index (χ2v) is 16.0. The predicted molar refractivity (Wildman–Crippen MR) is 241 cm³/mol. The van der Waals surface area contributed by atoms with Crippen LogP contribution in [0.25, 0.3) is 22.1 Å². The number of rotatable bonds is 18. The Bertz CT molecular complexity index is 2800. The summed E-state index contributed by atoms with van der Waals surface area (Å²) in [6.45, 7) is 13.9. The Labute approximate surface area is 372 Å². The molecule has 0 bridgehead atoms. The molecule has 2 aromatic carbocycles. The summed E-state index contributed by atoms with van der Waals surface area (Å²) in [7, 11) is 0. The van der Waals surface area contributed by atoms with Crippen molar-refractivity contribution in [2.24, 2.45) is 11.5 Å². The lowest BCUT2D eigenvalue weighted by molar-refractivity contribution is 0.0358. The minimum atomic E-state index is -0.774. The van der Waals surface area contributed by atoms with E-state index < -0.39 is 29.4 Å². The molecule has 1 aliphatic rings. The number of amides is 4. The Morgan fingerprint density at radius 1 is 0.812 bits per heavy atom. The fourth-order valence-electron chi connectivity index (χ4n) is 7.73. The number of nitrogens with zero attached hydrogens (tertiary/aromatic N) is 9. The van der Waals surface area contributed by atoms with Crippen LogP contribution in [0.2, 0.25) is 0 Å². The molecule has 64 heavy (non-hydrogen) atoms. The molecule has 0 saturated carbocycles. The van der Waals surface area contributed by atoms with Crippen molar-refractivity contribution in [1.82, 2.24) is 43.6 Å². The first-order valence-electron chi connectivity index (χ1n) is 20.9. The van der Waals surface area contributed by atoms with Gasteiger partial charge in [0.15, 0.2) is 11.5 Å². The number of hydrogen-bond donors (Lipinski definition) is 4. The summed E-state index contributed by atoms with van der Waals surface area (Å²) in [6, 6.07) is 6.34. The molecule has 0 atom stereocenters. The van der Waals surface area contributed by atoms with Crippen LogP contribution >= 0.6 is 11.8 Å². The van der Waals surface area contributed by atoms with Crippen LogP contribution in [-0.2, 0) is 30.9 Å². The van der Waals surface area contributed by atoms with Crippen LogP contribution in [0.3, 0.4) is 0 Å². The third-order valence-electron chi connectivity index (χ3n) is 11.1. The van der Waals surface area contributed by atoms with E-state index in [2.05, 4.69) is 25.7 Å². The molecule has 6 N–H and O–H groups in total. The van der Waals surface area contributed by atoms with Gasteiger partial charge in [-0.3, -0.25) is 44.1 Å². The first-order valence-corrected chi connectivity index (χ1v) is 22.2. The van der Waals surface area contributed by atoms with E-state index in [1.54, 1.807) is 34.4 Å². The molecule has 7 rings (SSSR count). The molecule has 1 saturated heterocycles. The highest BCUT2D eigenvalue weighted by molar-refractivity contribution is 7.98. The van der Waals surface area contributed by atoms with Crippen LogP contribution in [0.5, 0.6) is 5.75 Å². The van der Waals surface area contributed by atoms with Crippen molar-refractivity contribution in [3.63, 3.8) is 0 Å². The summed E-state index contributed by atoms with van der Waals surface area (Å²) in [4.78, 5) is 65.1. The number of hydrogen-bond acceptors (Lipinski definition) is 12. The van der Waals surface area contributed by atoms with E-state index in [-0.39, 0.29) is 54.0 Å². The van der Waals surface area contributed by atoms with E-state index in [9.17, 15) is 19.2 Å². The monoisotopic (exact) mass is 897 g/mol. The van der Waals surface area contributed by atoms with Gasteiger partial charge in [-0.2, -0.15) is 10.2 Å². The van der Waals surface area contributed by atoms with Gasteiger partial charge in [0.05, 0.1) is 47.8 Å². The third kappa shape index (κ3) is 9.22. The lowest BCUT2D eigenvalue weighted by atomic mass is 10.1. The van der Waals surface area contributed by atoms with Gasteiger partial charge in [0.2, 0.25) is 23.7 Å². The quantitative estimate of drug-likeness (QED) is 0.0524. The first-order chi connectivity index (χ1) is 30.7. The van der Waals surface area contributed by atoms with Crippen LogP contribution in [0, 0.1) is 26.6 Å². The Balaban J connectivity index is 1.27. The Morgan fingerprint density at radius 3 is 1.95 bits per heavy atom. The van der Waals surface area contributed by atoms with Crippen molar-refractivity contribution in [2.75, 3.05) is 56.3 Å². The van der Waals surface area contributed by atoms with Gasteiger partial charge in [-0.15, -0.1) is 11.8 Å². The maximum absolute atomic E-state index is 15.3. The topological polar surface area (TPSA) is 237 Å². The van der Waals surface area contributed by atoms with Crippen molar-refractivity contribution < 1.29 is 33.0 Å². The molecule has 4 amide bonds. The molecule has 19 nitrogen and oxygen atoms in total. The third-order valence-corrected chi connectivity index (χ3v) is 11.8. The average molecular weight is 898 g/mol. The number of aromatic nitrogens is 8. The summed E-state index contributed by atoms with van der Waals surface area (Å²) in [5, 5.41) is 14.4. The maximum atomic E-state index is 15.3. The molecule has 4 aromatic heterocycles. The number of halogens is 1. The molecule has 6 aromatic rings. The van der Waals surface area contributed by atoms with Gasteiger partial charge in [-0.05, 0) is 71.6 Å². The largest absolute Gasteiger partial charge is 0.491 e. The van der Waals surface area contributed by atoms with Gasteiger partial charge in [0.25, 0.3) is 11.8 Å². The molecule has 0 aliphatic carbocycles. The van der Waals surface area contributed by atoms with Gasteiger partial charge in [0, 0.05) is 67.4 Å². The van der Waals surface area contributed by atoms with Crippen LogP contribution in [-0.4, -0.2) is 113 Å². The molecule has 5 heterocycles. The number of fused-ring (bicyclic) bond motifs is 2. The van der Waals surface area contributed by atoms with Crippen molar-refractivity contribution in [2.45, 2.75) is 72.1 Å². The number of imidazole rings is 2. The number of anilines is 2. The number of aryl methyl sites for hydroxylation is 4. The van der Waals surface area contributed by atoms with Gasteiger partial charge in [-0.25, -0.2) is 14.4 Å². The fourth-order valence-corrected chi connectivity index (χ4v) is 8.38. The second kappa shape index (κ2) is 19.4. The van der Waals surface area contributed by atoms with E-state index in [1.807, 2.05) is 43.7 Å². The standard InChI is InChI=1S/C43H52FN13O6S/c1-7-56-34(24(3)25(4)51-56)40(60)49-43-48-30-21-28(39(46)59)23-32(64-6)36(30)55(43)14-10-9-13-54-35-29(47-42(54)50-41(61)37-33(44)26(5)52-57(37)8-2)20-27(38(45)58)22-31(35)63-17-11-12-53-15-18-62-19-16-53/h9-10,20-23H,7-8,11-19H2,1-6H3,(H2,45,58)(H2,46,59)(H,47,50,61)(H,48,49,60)/b10-9+. The number of carbonyl (C=O) groups is 4. The van der Waals surface area contributed by atoms with E-state index in [0.717, 1.165) is 30.9 Å². The highest BCUT2D eigenvalue weighted by Gasteiger charge is 2.26. The highest BCUT2D eigenvalue weighted by atomic mass is 32.2. The summed E-state index contributed by atoms with van der Waals surface area (Å²) < 4.78 is 33.6. The predicted octanol–water partition coefficient (Wildman–Crippen LogP) is 4.66. The first kappa shape index (κ1) is 45.4. The molecule has 1 fully saturated rings. The van der Waals surface area contributed by atoms with Crippen LogP contribution in [0.1, 0.15) is 78.9 Å². The molecule has 0 radical (unpaired) electrons. The highest BCUT2D eigenvalue weighted by Crippen LogP contribution is 2.33. The number of benzene rings is 2. The maximum Gasteiger partial charge on any atom is 0.279 e. The lowest BCUT2D eigenvalue weighted by Gasteiger charge is -2.26. The number of carbonyl (C=O) groups excluding carboxylic acids is 4. The number of thioether (sulfide) groups is 1. The molecular weight excluding hydrogens is 846 g/mol. The van der Waals surface area contributed by atoms with Gasteiger partial charge in [-0.1, -0.05) is 12.2 Å². The van der Waals surface area contributed by atoms with Crippen LogP contribution in [0.15, 0.2) is 41.3 Å². The van der Waals surface area contributed by atoms with Crippen LogP contribution < -0.4 is 26.8 Å². The minimum absolute atomic E-state index is 0.0493. The Morgan fingerprint density at radius 2 is 1.36 bits per heavy atom. The number of primary amides is 2. The summed E-state index contributed by atoms with van der Waals surface area (Å²) >= 11 is 1.39. The number of allylic oxidation sites excluding steroid dienone is 2. The fraction of sp³-hybridized carbons (Fsp3) is 0.395. The van der Waals surface area contributed by atoms with Gasteiger partial charge in [0.1, 0.15) is 17.0 Å². The van der Waals surface area contributed by atoms with Crippen LogP contribution in [0.4, 0.5) is 16.3 Å². The summed E-state index contributed by atoms with van der Waals surface area (Å²) in [5.74, 6) is -2.67. The lowest BCUT2D eigenvalue weighted by Crippen LogP contribution is -2.37.